The molecule has 0 N–H and O–H groups in total. The van der Waals surface area contributed by atoms with E-state index in [4.69, 9.17) is 4.74 Å². The third-order valence-electron chi connectivity index (χ3n) is 7.58. The molecular formula is C24H24F3N3O. The van der Waals surface area contributed by atoms with Crippen LogP contribution in [0.2, 0.25) is 0 Å². The van der Waals surface area contributed by atoms with Gasteiger partial charge in [-0.1, -0.05) is 12.1 Å². The third-order valence-corrected chi connectivity index (χ3v) is 7.58. The number of hydrogen-bond acceptors (Lipinski definition) is 3. The second-order valence-electron chi connectivity index (χ2n) is 9.76. The quantitative estimate of drug-likeness (QED) is 0.529. The molecule has 0 radical (unpaired) electrons. The summed E-state index contributed by atoms with van der Waals surface area (Å²) in [7, 11) is 0. The van der Waals surface area contributed by atoms with Crippen molar-refractivity contribution < 1.29 is 17.9 Å². The molecule has 1 aromatic carbocycles. The summed E-state index contributed by atoms with van der Waals surface area (Å²) in [5.41, 5.74) is 0.965. The van der Waals surface area contributed by atoms with E-state index in [0.717, 1.165) is 46.9 Å². The van der Waals surface area contributed by atoms with E-state index in [1.807, 2.05) is 18.3 Å². The maximum absolute atomic E-state index is 13.0. The molecule has 0 aliphatic heterocycles. The van der Waals surface area contributed by atoms with Crippen LogP contribution in [0.15, 0.2) is 42.6 Å². The lowest BCUT2D eigenvalue weighted by atomic mass is 9.49. The molecule has 7 rings (SSSR count). The molecule has 7 heteroatoms. The van der Waals surface area contributed by atoms with Gasteiger partial charge < -0.3 is 4.74 Å². The summed E-state index contributed by atoms with van der Waals surface area (Å²) >= 11 is 0. The lowest BCUT2D eigenvalue weighted by molar-refractivity contribution is -0.137. The van der Waals surface area contributed by atoms with Gasteiger partial charge in [0.1, 0.15) is 18.2 Å². The van der Waals surface area contributed by atoms with Gasteiger partial charge in [-0.3, -0.25) is 4.40 Å². The summed E-state index contributed by atoms with van der Waals surface area (Å²) in [6, 6.07) is 8.84. The first-order valence-corrected chi connectivity index (χ1v) is 11.0. The van der Waals surface area contributed by atoms with E-state index in [0.29, 0.717) is 0 Å². The Labute approximate surface area is 178 Å². The number of hydrogen-bond donors (Lipinski definition) is 0. The van der Waals surface area contributed by atoms with Gasteiger partial charge in [-0.15, -0.1) is 10.2 Å². The maximum atomic E-state index is 13.0. The zero-order chi connectivity index (χ0) is 21.2. The van der Waals surface area contributed by atoms with Crippen LogP contribution < -0.4 is 4.74 Å². The number of aromatic nitrogens is 3. The van der Waals surface area contributed by atoms with Gasteiger partial charge in [-0.2, -0.15) is 13.2 Å². The second-order valence-corrected chi connectivity index (χ2v) is 9.76. The summed E-state index contributed by atoms with van der Waals surface area (Å²) < 4.78 is 46.7. The first kappa shape index (κ1) is 19.1. The molecule has 4 aliphatic carbocycles. The fraction of sp³-hybridized carbons (Fsp3) is 0.500. The van der Waals surface area contributed by atoms with E-state index in [2.05, 4.69) is 14.6 Å². The van der Waals surface area contributed by atoms with E-state index in [1.54, 1.807) is 6.07 Å². The van der Waals surface area contributed by atoms with Crippen molar-refractivity contribution in [2.75, 3.05) is 0 Å². The van der Waals surface area contributed by atoms with Gasteiger partial charge in [0.15, 0.2) is 5.65 Å². The van der Waals surface area contributed by atoms with Crippen LogP contribution in [-0.4, -0.2) is 14.6 Å². The topological polar surface area (TPSA) is 39.4 Å². The minimum atomic E-state index is -4.39. The summed E-state index contributed by atoms with van der Waals surface area (Å²) in [5, 5.41) is 9.15. The molecule has 4 aliphatic rings. The van der Waals surface area contributed by atoms with Crippen LogP contribution in [-0.2, 0) is 18.2 Å². The molecule has 0 atom stereocenters. The third kappa shape index (κ3) is 3.20. The molecule has 0 amide bonds. The van der Waals surface area contributed by atoms with Crippen LogP contribution in [0.1, 0.15) is 55.5 Å². The fourth-order valence-electron chi connectivity index (χ4n) is 6.75. The summed E-state index contributed by atoms with van der Waals surface area (Å²) in [6.07, 6.45) is 5.32. The van der Waals surface area contributed by atoms with Crippen LogP contribution in [0.3, 0.4) is 0 Å². The predicted octanol–water partition coefficient (Wildman–Crippen LogP) is 5.79. The number of rotatable bonds is 4. The Balaban J connectivity index is 1.29. The Morgan fingerprint density at radius 1 is 0.968 bits per heavy atom. The zero-order valence-electron chi connectivity index (χ0n) is 17.1. The molecule has 4 fully saturated rings. The number of nitrogens with zero attached hydrogens (tertiary/aromatic N) is 3. The van der Waals surface area contributed by atoms with Crippen LogP contribution in [0.4, 0.5) is 13.2 Å². The molecule has 31 heavy (non-hydrogen) atoms. The molecule has 2 heterocycles. The molecule has 4 nitrogen and oxygen atoms in total. The lowest BCUT2D eigenvalue weighted by Crippen LogP contribution is -2.49. The van der Waals surface area contributed by atoms with Crippen LogP contribution in [0.25, 0.3) is 5.65 Å². The van der Waals surface area contributed by atoms with Gasteiger partial charge in [0.2, 0.25) is 0 Å². The first-order chi connectivity index (χ1) is 14.9. The van der Waals surface area contributed by atoms with E-state index >= 15 is 0 Å². The zero-order valence-corrected chi connectivity index (χ0v) is 17.1. The fourth-order valence-corrected chi connectivity index (χ4v) is 6.75. The Morgan fingerprint density at radius 2 is 1.68 bits per heavy atom. The van der Waals surface area contributed by atoms with Crippen LogP contribution in [0.5, 0.6) is 5.75 Å². The minimum absolute atomic E-state index is 0.120. The average molecular weight is 427 g/mol. The number of alkyl halides is 3. The van der Waals surface area contributed by atoms with Gasteiger partial charge >= 0.3 is 6.18 Å². The highest BCUT2D eigenvalue weighted by Gasteiger charge is 2.53. The number of benzene rings is 1. The monoisotopic (exact) mass is 427 g/mol. The maximum Gasteiger partial charge on any atom is 0.416 e. The SMILES string of the molecule is FC(F)(F)c1cccc(OCc2cccn3c(C45CC6CC(CC(C6)C4)C5)nnc23)c1. The summed E-state index contributed by atoms with van der Waals surface area (Å²) in [5.74, 6) is 3.68. The van der Waals surface area contributed by atoms with Crippen molar-refractivity contribution in [3.05, 3.63) is 59.5 Å². The first-order valence-electron chi connectivity index (χ1n) is 11.0. The summed E-state index contributed by atoms with van der Waals surface area (Å²) in [6.45, 7) is 0.144. The van der Waals surface area contributed by atoms with E-state index in [9.17, 15) is 13.2 Å². The molecule has 0 spiro atoms. The van der Waals surface area contributed by atoms with Crippen molar-refractivity contribution in [2.24, 2.45) is 17.8 Å². The molecular weight excluding hydrogens is 403 g/mol. The molecule has 4 bridgehead atoms. The van der Waals surface area contributed by atoms with Crippen molar-refractivity contribution >= 4 is 5.65 Å². The smallest absolute Gasteiger partial charge is 0.416 e. The van der Waals surface area contributed by atoms with Gasteiger partial charge in [-0.25, -0.2) is 0 Å². The highest BCUT2D eigenvalue weighted by Crippen LogP contribution is 2.60. The molecule has 4 saturated carbocycles. The van der Waals surface area contributed by atoms with Gasteiger partial charge in [0.05, 0.1) is 5.56 Å². The standard InChI is InChI=1S/C24H24F3N3O/c25-24(26,27)19-4-1-5-20(10-19)31-14-18-3-2-6-30-21(18)28-29-22(30)23-11-15-7-16(12-23)9-17(8-15)13-23/h1-6,10,15-17H,7-9,11-14H2. The van der Waals surface area contributed by atoms with Crippen LogP contribution >= 0.6 is 0 Å². The number of ether oxygens (including phenoxy) is 1. The van der Waals surface area contributed by atoms with Crippen molar-refractivity contribution in [1.82, 2.24) is 14.6 Å². The van der Waals surface area contributed by atoms with Gasteiger partial charge in [0.25, 0.3) is 0 Å². The van der Waals surface area contributed by atoms with E-state index < -0.39 is 11.7 Å². The largest absolute Gasteiger partial charge is 0.489 e. The van der Waals surface area contributed by atoms with Crippen molar-refractivity contribution in [3.63, 3.8) is 0 Å². The molecule has 2 aromatic heterocycles. The van der Waals surface area contributed by atoms with Crippen molar-refractivity contribution in [3.8, 4) is 5.75 Å². The minimum Gasteiger partial charge on any atom is -0.489 e. The lowest BCUT2D eigenvalue weighted by Gasteiger charge is -2.55. The predicted molar refractivity (Wildman–Crippen MR) is 109 cm³/mol. The number of fused-ring (bicyclic) bond motifs is 1. The Morgan fingerprint density at radius 3 is 2.35 bits per heavy atom. The number of halogens is 3. The normalized spacial score (nSPS) is 29.6. The summed E-state index contributed by atoms with van der Waals surface area (Å²) in [4.78, 5) is 0. The Bertz CT molecular complexity index is 1100. The van der Waals surface area contributed by atoms with Crippen molar-refractivity contribution in [1.29, 1.82) is 0 Å². The van der Waals surface area contributed by atoms with Gasteiger partial charge in [-0.05, 0) is 80.5 Å². The van der Waals surface area contributed by atoms with E-state index in [-0.39, 0.29) is 17.8 Å². The van der Waals surface area contributed by atoms with Crippen molar-refractivity contribution in [2.45, 2.75) is 56.7 Å². The Hall–Kier alpha value is -2.57. The molecule has 3 aromatic rings. The average Bonchev–Trinajstić information content (AvgIpc) is 3.16. The highest BCUT2D eigenvalue weighted by atomic mass is 19.4. The molecule has 0 saturated heterocycles. The van der Waals surface area contributed by atoms with Gasteiger partial charge in [0, 0.05) is 17.2 Å². The Kier molecular flexibility index (Phi) is 4.14. The number of pyridine rings is 1. The van der Waals surface area contributed by atoms with Crippen LogP contribution in [0, 0.1) is 17.8 Å². The molecule has 0 unspecified atom stereocenters. The van der Waals surface area contributed by atoms with E-state index in [1.165, 1.54) is 44.6 Å². The highest BCUT2D eigenvalue weighted by molar-refractivity contribution is 5.48. The second kappa shape index (κ2) is 6.71. The molecule has 162 valence electrons.